The van der Waals surface area contributed by atoms with Gasteiger partial charge in [-0.25, -0.2) is 0 Å². The molecule has 5 heteroatoms. The summed E-state index contributed by atoms with van der Waals surface area (Å²) >= 11 is 0. The summed E-state index contributed by atoms with van der Waals surface area (Å²) in [5.41, 5.74) is 0.882. The molecule has 1 atom stereocenters. The van der Waals surface area contributed by atoms with Crippen LogP contribution in [-0.2, 0) is 9.53 Å². The fourth-order valence-corrected chi connectivity index (χ4v) is 3.29. The van der Waals surface area contributed by atoms with Gasteiger partial charge in [0.15, 0.2) is 0 Å². The standard InChI is InChI=1S/C21H26O5/c1-21(2,20(22)26-6)19(14-10-8-7-9-11-14)18-16(24-4)12-15(23-3)13-17(18)25-5/h7-13,19H,1-6H3. The molecule has 5 nitrogen and oxygen atoms in total. The smallest absolute Gasteiger partial charge is 0.312 e. The molecule has 0 amide bonds. The number of hydrogen-bond donors (Lipinski definition) is 0. The molecule has 2 aromatic rings. The second-order valence-electron chi connectivity index (χ2n) is 6.50. The highest BCUT2D eigenvalue weighted by Gasteiger charge is 2.42. The van der Waals surface area contributed by atoms with Crippen molar-refractivity contribution in [2.45, 2.75) is 19.8 Å². The summed E-state index contributed by atoms with van der Waals surface area (Å²) < 4.78 is 21.7. The maximum Gasteiger partial charge on any atom is 0.312 e. The zero-order chi connectivity index (χ0) is 19.3. The molecule has 0 bridgehead atoms. The van der Waals surface area contributed by atoms with E-state index in [1.807, 2.05) is 44.2 Å². The van der Waals surface area contributed by atoms with Crippen LogP contribution in [0.3, 0.4) is 0 Å². The number of esters is 1. The van der Waals surface area contributed by atoms with Gasteiger partial charge in [0.2, 0.25) is 0 Å². The topological polar surface area (TPSA) is 54.0 Å². The van der Waals surface area contributed by atoms with Crippen molar-refractivity contribution in [2.75, 3.05) is 28.4 Å². The van der Waals surface area contributed by atoms with Crippen LogP contribution >= 0.6 is 0 Å². The molecule has 0 aliphatic heterocycles. The highest BCUT2D eigenvalue weighted by molar-refractivity contribution is 5.79. The summed E-state index contributed by atoms with van der Waals surface area (Å²) in [6.07, 6.45) is 0. The number of ether oxygens (including phenoxy) is 4. The molecule has 0 saturated carbocycles. The summed E-state index contributed by atoms with van der Waals surface area (Å²) in [5.74, 6) is 1.14. The van der Waals surface area contributed by atoms with E-state index in [2.05, 4.69) is 0 Å². The monoisotopic (exact) mass is 358 g/mol. The first kappa shape index (κ1) is 19.6. The molecule has 0 N–H and O–H groups in total. The Kier molecular flexibility index (Phi) is 6.14. The third kappa shape index (κ3) is 3.62. The minimum Gasteiger partial charge on any atom is -0.496 e. The van der Waals surface area contributed by atoms with Crippen LogP contribution in [0, 0.1) is 5.41 Å². The van der Waals surface area contributed by atoms with Crippen LogP contribution in [0.5, 0.6) is 17.2 Å². The lowest BCUT2D eigenvalue weighted by molar-refractivity contribution is -0.151. The van der Waals surface area contributed by atoms with E-state index in [-0.39, 0.29) is 11.9 Å². The lowest BCUT2D eigenvalue weighted by Crippen LogP contribution is -2.33. The van der Waals surface area contributed by atoms with Gasteiger partial charge in [0.1, 0.15) is 17.2 Å². The second kappa shape index (κ2) is 8.13. The molecule has 140 valence electrons. The first-order valence-corrected chi connectivity index (χ1v) is 8.34. The van der Waals surface area contributed by atoms with Gasteiger partial charge in [0.05, 0.1) is 33.9 Å². The van der Waals surface area contributed by atoms with Gasteiger partial charge in [-0.05, 0) is 19.4 Å². The van der Waals surface area contributed by atoms with Crippen LogP contribution in [0.25, 0.3) is 0 Å². The van der Waals surface area contributed by atoms with Crippen molar-refractivity contribution in [2.24, 2.45) is 5.41 Å². The van der Waals surface area contributed by atoms with Crippen molar-refractivity contribution in [3.05, 3.63) is 53.6 Å². The fraction of sp³-hybridized carbons (Fsp3) is 0.381. The molecule has 2 rings (SSSR count). The number of benzene rings is 2. The van der Waals surface area contributed by atoms with Gasteiger partial charge in [-0.1, -0.05) is 30.3 Å². The van der Waals surface area contributed by atoms with Crippen LogP contribution in [-0.4, -0.2) is 34.4 Å². The van der Waals surface area contributed by atoms with Crippen LogP contribution < -0.4 is 14.2 Å². The molecule has 0 saturated heterocycles. The summed E-state index contributed by atoms with van der Waals surface area (Å²) in [6, 6.07) is 13.4. The normalized spacial score (nSPS) is 12.2. The van der Waals surface area contributed by atoms with E-state index in [9.17, 15) is 4.79 Å². The van der Waals surface area contributed by atoms with Gasteiger partial charge < -0.3 is 18.9 Å². The number of carbonyl (C=O) groups excluding carboxylic acids is 1. The number of methoxy groups -OCH3 is 4. The van der Waals surface area contributed by atoms with Crippen molar-refractivity contribution in [3.63, 3.8) is 0 Å². The van der Waals surface area contributed by atoms with Crippen molar-refractivity contribution >= 4 is 5.97 Å². The van der Waals surface area contributed by atoms with Crippen LogP contribution in [0.1, 0.15) is 30.9 Å². The van der Waals surface area contributed by atoms with E-state index in [0.717, 1.165) is 11.1 Å². The average Bonchev–Trinajstić information content (AvgIpc) is 2.67. The Balaban J connectivity index is 2.80. The highest BCUT2D eigenvalue weighted by Crippen LogP contribution is 2.50. The molecule has 1 unspecified atom stereocenters. The van der Waals surface area contributed by atoms with E-state index >= 15 is 0 Å². The zero-order valence-electron chi connectivity index (χ0n) is 16.2. The zero-order valence-corrected chi connectivity index (χ0v) is 16.2. The Labute approximate surface area is 154 Å². The molecule has 0 aliphatic rings. The van der Waals surface area contributed by atoms with Crippen LogP contribution in [0.2, 0.25) is 0 Å². The number of rotatable bonds is 7. The molecule has 2 aromatic carbocycles. The first-order valence-electron chi connectivity index (χ1n) is 8.34. The number of hydrogen-bond acceptors (Lipinski definition) is 5. The third-order valence-electron chi connectivity index (χ3n) is 4.61. The SMILES string of the molecule is COC(=O)C(C)(C)C(c1ccccc1)c1c(OC)cc(OC)cc1OC. The van der Waals surface area contributed by atoms with Crippen molar-refractivity contribution in [3.8, 4) is 17.2 Å². The lowest BCUT2D eigenvalue weighted by atomic mass is 9.70. The molecule has 0 radical (unpaired) electrons. The third-order valence-corrected chi connectivity index (χ3v) is 4.61. The molecule has 26 heavy (non-hydrogen) atoms. The maximum absolute atomic E-state index is 12.6. The summed E-state index contributed by atoms with van der Waals surface area (Å²) in [6.45, 7) is 3.72. The van der Waals surface area contributed by atoms with E-state index in [0.29, 0.717) is 17.2 Å². The quantitative estimate of drug-likeness (QED) is 0.699. The molecule has 0 aromatic heterocycles. The molecule has 0 fully saturated rings. The van der Waals surface area contributed by atoms with E-state index in [4.69, 9.17) is 18.9 Å². The van der Waals surface area contributed by atoms with Gasteiger partial charge in [0.25, 0.3) is 0 Å². The molecule has 0 aliphatic carbocycles. The largest absolute Gasteiger partial charge is 0.496 e. The van der Waals surface area contributed by atoms with Gasteiger partial charge >= 0.3 is 5.97 Å². The van der Waals surface area contributed by atoms with Gasteiger partial charge in [-0.15, -0.1) is 0 Å². The van der Waals surface area contributed by atoms with Gasteiger partial charge in [0, 0.05) is 23.6 Å². The van der Waals surface area contributed by atoms with Gasteiger partial charge in [-0.2, -0.15) is 0 Å². The van der Waals surface area contributed by atoms with Crippen LogP contribution in [0.4, 0.5) is 0 Å². The lowest BCUT2D eigenvalue weighted by Gasteiger charge is -2.34. The summed E-state index contributed by atoms with van der Waals surface area (Å²) in [4.78, 5) is 12.6. The maximum atomic E-state index is 12.6. The average molecular weight is 358 g/mol. The fourth-order valence-electron chi connectivity index (χ4n) is 3.29. The Morgan fingerprint density at radius 2 is 1.42 bits per heavy atom. The van der Waals surface area contributed by atoms with Crippen molar-refractivity contribution in [1.82, 2.24) is 0 Å². The summed E-state index contributed by atoms with van der Waals surface area (Å²) in [5, 5.41) is 0. The van der Waals surface area contributed by atoms with E-state index in [1.165, 1.54) is 7.11 Å². The van der Waals surface area contributed by atoms with E-state index in [1.54, 1.807) is 33.5 Å². The molecule has 0 spiro atoms. The molecule has 0 heterocycles. The number of carbonyl (C=O) groups is 1. The minimum atomic E-state index is -0.856. The Bertz CT molecular complexity index is 727. The minimum absolute atomic E-state index is 0.314. The predicted octanol–water partition coefficient (Wildman–Crippen LogP) is 4.04. The Morgan fingerprint density at radius 1 is 0.885 bits per heavy atom. The van der Waals surface area contributed by atoms with E-state index < -0.39 is 5.41 Å². The first-order chi connectivity index (χ1) is 12.4. The molecular weight excluding hydrogens is 332 g/mol. The van der Waals surface area contributed by atoms with Crippen molar-refractivity contribution in [1.29, 1.82) is 0 Å². The highest BCUT2D eigenvalue weighted by atomic mass is 16.5. The molecular formula is C21H26O5. The predicted molar refractivity (Wildman–Crippen MR) is 100 cm³/mol. The van der Waals surface area contributed by atoms with Crippen LogP contribution in [0.15, 0.2) is 42.5 Å². The Morgan fingerprint density at radius 3 is 1.85 bits per heavy atom. The van der Waals surface area contributed by atoms with Crippen molar-refractivity contribution < 1.29 is 23.7 Å². The van der Waals surface area contributed by atoms with Gasteiger partial charge in [-0.3, -0.25) is 4.79 Å². The second-order valence-corrected chi connectivity index (χ2v) is 6.50. The summed E-state index contributed by atoms with van der Waals surface area (Å²) in [7, 11) is 6.16. The Hall–Kier alpha value is -2.69.